The van der Waals surface area contributed by atoms with Crippen LogP contribution < -0.4 is 10.0 Å². The Morgan fingerprint density at radius 1 is 1.42 bits per heavy atom. The number of hydrogen-bond donors (Lipinski definition) is 1. The van der Waals surface area contributed by atoms with Crippen LogP contribution in [0.25, 0.3) is 0 Å². The summed E-state index contributed by atoms with van der Waals surface area (Å²) in [5.41, 5.74) is 0.323. The molecule has 0 saturated carbocycles. The van der Waals surface area contributed by atoms with Crippen LogP contribution in [0.3, 0.4) is 0 Å². The van der Waals surface area contributed by atoms with Gasteiger partial charge in [0.05, 0.1) is 11.4 Å². The molecule has 1 saturated heterocycles. The summed E-state index contributed by atoms with van der Waals surface area (Å²) in [6.07, 6.45) is 0.0900. The Balaban J connectivity index is 2.23. The molecule has 10 heteroatoms. The minimum absolute atomic E-state index is 0.0361. The molecule has 1 atom stereocenters. The van der Waals surface area contributed by atoms with Gasteiger partial charge in [-0.05, 0) is 0 Å². The molecule has 2 N–H and O–H groups in total. The van der Waals surface area contributed by atoms with Gasteiger partial charge >= 0.3 is 0 Å². The molecule has 0 spiro atoms. The van der Waals surface area contributed by atoms with Crippen molar-refractivity contribution in [3.8, 4) is 0 Å². The molecule has 1 aliphatic heterocycles. The molecular formula is C9H10Cl2N4O3S. The molecule has 1 aromatic rings. The maximum atomic E-state index is 11.9. The van der Waals surface area contributed by atoms with Gasteiger partial charge in [0.2, 0.25) is 15.9 Å². The van der Waals surface area contributed by atoms with E-state index in [9.17, 15) is 13.2 Å². The van der Waals surface area contributed by atoms with Crippen molar-refractivity contribution in [1.29, 1.82) is 0 Å². The minimum atomic E-state index is -3.62. The fourth-order valence-electron chi connectivity index (χ4n) is 1.99. The summed E-state index contributed by atoms with van der Waals surface area (Å²) in [6.45, 7) is 0.205. The van der Waals surface area contributed by atoms with Crippen LogP contribution in [0.2, 0.25) is 10.3 Å². The van der Waals surface area contributed by atoms with Crippen LogP contribution in [0, 0.1) is 5.92 Å². The average molecular weight is 325 g/mol. The molecule has 19 heavy (non-hydrogen) atoms. The van der Waals surface area contributed by atoms with E-state index < -0.39 is 10.0 Å². The summed E-state index contributed by atoms with van der Waals surface area (Å²) in [5, 5.41) is 12.3. The number of sulfonamides is 1. The first-order chi connectivity index (χ1) is 8.76. The van der Waals surface area contributed by atoms with Crippen molar-refractivity contribution < 1.29 is 13.2 Å². The third-order valence-corrected chi connectivity index (χ3v) is 4.05. The average Bonchev–Trinajstić information content (AvgIpc) is 2.60. The molecule has 7 nitrogen and oxygen atoms in total. The Morgan fingerprint density at radius 2 is 2.11 bits per heavy atom. The highest BCUT2D eigenvalue weighted by molar-refractivity contribution is 7.89. The summed E-state index contributed by atoms with van der Waals surface area (Å²) in [7, 11) is -3.62. The number of amides is 1. The maximum absolute atomic E-state index is 11.9. The van der Waals surface area contributed by atoms with Gasteiger partial charge in [0, 0.05) is 24.9 Å². The van der Waals surface area contributed by atoms with E-state index >= 15 is 0 Å². The van der Waals surface area contributed by atoms with E-state index in [0.717, 1.165) is 0 Å². The summed E-state index contributed by atoms with van der Waals surface area (Å²) < 4.78 is 22.1. The quantitative estimate of drug-likeness (QED) is 0.867. The first kappa shape index (κ1) is 14.4. The molecule has 0 aromatic carbocycles. The van der Waals surface area contributed by atoms with Crippen molar-refractivity contribution in [3.05, 3.63) is 16.4 Å². The predicted molar refractivity (Wildman–Crippen MR) is 70.5 cm³/mol. The molecule has 0 bridgehead atoms. The van der Waals surface area contributed by atoms with Gasteiger partial charge in [-0.3, -0.25) is 4.79 Å². The zero-order valence-electron chi connectivity index (χ0n) is 9.58. The van der Waals surface area contributed by atoms with Crippen molar-refractivity contribution >= 4 is 44.8 Å². The highest BCUT2D eigenvalue weighted by Crippen LogP contribution is 2.31. The fourth-order valence-corrected chi connectivity index (χ4v) is 3.20. The van der Waals surface area contributed by atoms with Gasteiger partial charge < -0.3 is 4.90 Å². The number of carbonyl (C=O) groups is 1. The van der Waals surface area contributed by atoms with E-state index in [1.807, 2.05) is 0 Å². The summed E-state index contributed by atoms with van der Waals surface area (Å²) in [4.78, 5) is 13.2. The molecule has 104 valence electrons. The summed E-state index contributed by atoms with van der Waals surface area (Å²) in [5.74, 6) is -0.871. The van der Waals surface area contributed by atoms with E-state index in [1.54, 1.807) is 0 Å². The molecule has 1 aliphatic rings. The minimum Gasteiger partial charge on any atom is -0.309 e. The van der Waals surface area contributed by atoms with Crippen molar-refractivity contribution in [2.45, 2.75) is 6.42 Å². The first-order valence-corrected chi connectivity index (χ1v) is 7.73. The lowest BCUT2D eigenvalue weighted by Crippen LogP contribution is -2.28. The topological polar surface area (TPSA) is 106 Å². The molecule has 1 fully saturated rings. The molecule has 1 amide bonds. The van der Waals surface area contributed by atoms with E-state index in [2.05, 4.69) is 10.2 Å². The Morgan fingerprint density at radius 3 is 2.74 bits per heavy atom. The first-order valence-electron chi connectivity index (χ1n) is 5.26. The van der Waals surface area contributed by atoms with Crippen LogP contribution in [0.4, 0.5) is 5.69 Å². The molecule has 0 radical (unpaired) electrons. The van der Waals surface area contributed by atoms with E-state index in [4.69, 9.17) is 28.3 Å². The Hall–Kier alpha value is -0.960. The molecular weight excluding hydrogens is 315 g/mol. The van der Waals surface area contributed by atoms with Gasteiger partial charge in [-0.25, -0.2) is 13.6 Å². The molecule has 0 aliphatic carbocycles. The predicted octanol–water partition coefficient (Wildman–Crippen LogP) is 0.425. The Kier molecular flexibility index (Phi) is 3.95. The van der Waals surface area contributed by atoms with Crippen molar-refractivity contribution in [2.75, 3.05) is 17.2 Å². The maximum Gasteiger partial charge on any atom is 0.227 e. The lowest BCUT2D eigenvalue weighted by atomic mass is 10.1. The van der Waals surface area contributed by atoms with Crippen LogP contribution in [-0.4, -0.2) is 36.8 Å². The van der Waals surface area contributed by atoms with Gasteiger partial charge in [-0.2, -0.15) is 0 Å². The lowest BCUT2D eigenvalue weighted by molar-refractivity contribution is -0.117. The monoisotopic (exact) mass is 324 g/mol. The number of anilines is 1. The zero-order valence-corrected chi connectivity index (χ0v) is 11.9. The van der Waals surface area contributed by atoms with Gasteiger partial charge in [-0.15, -0.1) is 10.2 Å². The molecule has 2 heterocycles. The highest BCUT2D eigenvalue weighted by atomic mass is 35.5. The lowest BCUT2D eigenvalue weighted by Gasteiger charge is -2.17. The number of primary sulfonamides is 1. The van der Waals surface area contributed by atoms with Crippen molar-refractivity contribution in [2.24, 2.45) is 11.1 Å². The van der Waals surface area contributed by atoms with Crippen LogP contribution in [-0.2, 0) is 14.8 Å². The number of halogens is 2. The van der Waals surface area contributed by atoms with Gasteiger partial charge in [0.25, 0.3) is 0 Å². The van der Waals surface area contributed by atoms with Crippen molar-refractivity contribution in [3.63, 3.8) is 0 Å². The Labute approximate surface area is 119 Å². The molecule has 1 aromatic heterocycles. The number of rotatable bonds is 3. The van der Waals surface area contributed by atoms with Crippen LogP contribution in [0.15, 0.2) is 6.07 Å². The highest BCUT2D eigenvalue weighted by Gasteiger charge is 2.34. The van der Waals surface area contributed by atoms with Gasteiger partial charge in [0.1, 0.15) is 0 Å². The second-order valence-corrected chi connectivity index (χ2v) is 6.65. The summed E-state index contributed by atoms with van der Waals surface area (Å²) >= 11 is 11.6. The normalized spacial score (nSPS) is 20.1. The number of hydrogen-bond acceptors (Lipinski definition) is 5. The number of nitrogens with zero attached hydrogens (tertiary/aromatic N) is 3. The van der Waals surface area contributed by atoms with Gasteiger partial charge in [0.15, 0.2) is 10.3 Å². The fraction of sp³-hybridized carbons (Fsp3) is 0.444. The number of nitrogens with two attached hydrogens (primary N) is 1. The smallest absolute Gasteiger partial charge is 0.227 e. The van der Waals surface area contributed by atoms with Gasteiger partial charge in [-0.1, -0.05) is 23.2 Å². The summed E-state index contributed by atoms with van der Waals surface area (Å²) in [6, 6.07) is 1.41. The third-order valence-electron chi connectivity index (χ3n) is 2.66. The Bertz CT molecular complexity index is 622. The van der Waals surface area contributed by atoms with Crippen molar-refractivity contribution in [1.82, 2.24) is 10.2 Å². The SMILES string of the molecule is NS(=O)(=O)CC1CC(=O)N(c2cc(Cl)nnc2Cl)C1. The van der Waals surface area contributed by atoms with Crippen LogP contribution >= 0.6 is 23.2 Å². The number of aromatic nitrogens is 2. The molecule has 2 rings (SSSR count). The third kappa shape index (κ3) is 3.53. The standard InChI is InChI=1S/C9H10Cl2N4O3S/c10-7-2-6(9(11)14-13-7)15-3-5(1-8(15)16)4-19(12,17)18/h2,5H,1,3-4H2,(H2,12,17,18). The van der Waals surface area contributed by atoms with E-state index in [0.29, 0.717) is 5.69 Å². The van der Waals surface area contributed by atoms with Crippen LogP contribution in [0.5, 0.6) is 0 Å². The number of carbonyl (C=O) groups excluding carboxylic acids is 1. The largest absolute Gasteiger partial charge is 0.309 e. The second kappa shape index (κ2) is 5.20. The van der Waals surface area contributed by atoms with Crippen LogP contribution in [0.1, 0.15) is 6.42 Å². The zero-order chi connectivity index (χ0) is 14.2. The van der Waals surface area contributed by atoms with E-state index in [1.165, 1.54) is 11.0 Å². The molecule has 1 unspecified atom stereocenters. The second-order valence-electron chi connectivity index (χ2n) is 4.25. The van der Waals surface area contributed by atoms with E-state index in [-0.39, 0.29) is 40.8 Å².